The average molecular weight is 405 g/mol. The lowest BCUT2D eigenvalue weighted by Crippen LogP contribution is -2.54. The van der Waals surface area contributed by atoms with Crippen molar-refractivity contribution < 1.29 is 17.7 Å². The van der Waals surface area contributed by atoms with Gasteiger partial charge in [0.15, 0.2) is 0 Å². The summed E-state index contributed by atoms with van der Waals surface area (Å²) in [7, 11) is -5.03. The summed E-state index contributed by atoms with van der Waals surface area (Å²) in [6.45, 7) is 26.3. The van der Waals surface area contributed by atoms with Crippen LogP contribution in [0.5, 0.6) is 0 Å². The van der Waals surface area contributed by atoms with Crippen molar-refractivity contribution in [3.63, 3.8) is 0 Å². The quantitative estimate of drug-likeness (QED) is 0.340. The molecular formula is C20H44O4Si2. The standard InChI is InChI=1S/C20H44O4Si2/c1-11-26(23-14-19(6)7,24-15-20(8)9)16-25(10,21-12-17(2)3)22-13-18(4)5/h11,17-20H,1,12-16H2,2-10H3. The summed E-state index contributed by atoms with van der Waals surface area (Å²) in [6.07, 6.45) is 0. The molecule has 0 unspecified atom stereocenters. The van der Waals surface area contributed by atoms with Gasteiger partial charge in [0.1, 0.15) is 0 Å². The summed E-state index contributed by atoms with van der Waals surface area (Å²) in [5.74, 6) is 1.84. The molecule has 156 valence electrons. The van der Waals surface area contributed by atoms with Crippen molar-refractivity contribution in [2.24, 2.45) is 23.7 Å². The molecular weight excluding hydrogens is 360 g/mol. The van der Waals surface area contributed by atoms with Crippen LogP contribution < -0.4 is 0 Å². The second-order valence-electron chi connectivity index (χ2n) is 9.15. The fourth-order valence-electron chi connectivity index (χ4n) is 2.23. The lowest BCUT2D eigenvalue weighted by molar-refractivity contribution is 0.127. The minimum Gasteiger partial charge on any atom is -0.394 e. The van der Waals surface area contributed by atoms with Gasteiger partial charge in [-0.1, -0.05) is 55.4 Å². The molecule has 0 N–H and O–H groups in total. The zero-order valence-electron chi connectivity index (χ0n) is 18.8. The highest BCUT2D eigenvalue weighted by Gasteiger charge is 2.47. The van der Waals surface area contributed by atoms with Crippen molar-refractivity contribution in [2.75, 3.05) is 26.4 Å². The van der Waals surface area contributed by atoms with Crippen LogP contribution in [0.3, 0.4) is 0 Å². The molecule has 0 heterocycles. The third-order valence-electron chi connectivity index (χ3n) is 3.64. The lowest BCUT2D eigenvalue weighted by Gasteiger charge is -2.36. The van der Waals surface area contributed by atoms with Crippen molar-refractivity contribution >= 4 is 17.1 Å². The zero-order valence-corrected chi connectivity index (χ0v) is 20.8. The Labute approximate surface area is 165 Å². The van der Waals surface area contributed by atoms with Crippen LogP contribution in [0.25, 0.3) is 0 Å². The fraction of sp³-hybridized carbons (Fsp3) is 0.900. The number of rotatable bonds is 15. The first-order chi connectivity index (χ1) is 11.9. The van der Waals surface area contributed by atoms with Crippen molar-refractivity contribution in [3.05, 3.63) is 12.3 Å². The highest BCUT2D eigenvalue weighted by atomic mass is 28.4. The minimum atomic E-state index is -2.60. The molecule has 0 radical (unpaired) electrons. The third-order valence-corrected chi connectivity index (χ3v) is 11.7. The van der Waals surface area contributed by atoms with Crippen molar-refractivity contribution in [1.82, 2.24) is 0 Å². The normalized spacial score (nSPS) is 13.4. The molecule has 0 aliphatic carbocycles. The van der Waals surface area contributed by atoms with E-state index < -0.39 is 17.1 Å². The summed E-state index contributed by atoms with van der Waals surface area (Å²) in [5, 5.41) is 0. The van der Waals surface area contributed by atoms with E-state index in [-0.39, 0.29) is 0 Å². The molecule has 0 bridgehead atoms. The fourth-order valence-corrected chi connectivity index (χ4v) is 11.0. The summed E-state index contributed by atoms with van der Waals surface area (Å²) in [5.41, 5.74) is 2.66. The third kappa shape index (κ3) is 11.7. The Kier molecular flexibility index (Phi) is 12.5. The van der Waals surface area contributed by atoms with Crippen LogP contribution in [0.1, 0.15) is 55.4 Å². The second-order valence-corrected chi connectivity index (χ2v) is 16.0. The van der Waals surface area contributed by atoms with Crippen LogP contribution in [0.15, 0.2) is 12.3 Å². The van der Waals surface area contributed by atoms with E-state index in [4.69, 9.17) is 17.7 Å². The lowest BCUT2D eigenvalue weighted by atomic mass is 10.2. The summed E-state index contributed by atoms with van der Waals surface area (Å²) in [6, 6.07) is 0. The van der Waals surface area contributed by atoms with E-state index in [0.29, 0.717) is 50.1 Å². The highest BCUT2D eigenvalue weighted by Crippen LogP contribution is 2.27. The van der Waals surface area contributed by atoms with Gasteiger partial charge in [-0.25, -0.2) is 0 Å². The van der Waals surface area contributed by atoms with E-state index in [2.05, 4.69) is 68.5 Å². The minimum absolute atomic E-state index is 0.450. The molecule has 0 aliphatic rings. The van der Waals surface area contributed by atoms with E-state index in [1.54, 1.807) is 0 Å². The van der Waals surface area contributed by atoms with Gasteiger partial charge in [0.25, 0.3) is 0 Å². The molecule has 0 spiro atoms. The zero-order chi connectivity index (χ0) is 20.4. The Morgan fingerprint density at radius 1 is 0.654 bits per heavy atom. The van der Waals surface area contributed by atoms with Gasteiger partial charge >= 0.3 is 17.1 Å². The van der Waals surface area contributed by atoms with Gasteiger partial charge in [0, 0.05) is 32.1 Å². The van der Waals surface area contributed by atoms with Crippen LogP contribution in [0, 0.1) is 23.7 Å². The smallest absolute Gasteiger partial charge is 0.366 e. The maximum Gasteiger partial charge on any atom is 0.366 e. The van der Waals surface area contributed by atoms with Crippen molar-refractivity contribution in [2.45, 2.75) is 67.6 Å². The van der Waals surface area contributed by atoms with Crippen LogP contribution in [0.2, 0.25) is 12.2 Å². The van der Waals surface area contributed by atoms with Crippen LogP contribution >= 0.6 is 0 Å². The number of hydrogen-bond donors (Lipinski definition) is 0. The molecule has 0 saturated heterocycles. The van der Waals surface area contributed by atoms with Gasteiger partial charge in [-0.3, -0.25) is 0 Å². The molecule has 6 heteroatoms. The van der Waals surface area contributed by atoms with E-state index in [9.17, 15) is 0 Å². The Bertz CT molecular complexity index is 360. The van der Waals surface area contributed by atoms with Crippen molar-refractivity contribution in [3.8, 4) is 0 Å². The molecule has 0 fully saturated rings. The van der Waals surface area contributed by atoms with Crippen LogP contribution in [0.4, 0.5) is 0 Å². The second kappa shape index (κ2) is 12.5. The van der Waals surface area contributed by atoms with E-state index >= 15 is 0 Å². The first-order valence-corrected chi connectivity index (χ1v) is 14.8. The average Bonchev–Trinajstić information content (AvgIpc) is 2.54. The molecule has 0 rings (SSSR count). The molecule has 0 aromatic heterocycles. The topological polar surface area (TPSA) is 36.9 Å². The number of hydrogen-bond acceptors (Lipinski definition) is 4. The van der Waals surface area contributed by atoms with Gasteiger partial charge in [-0.05, 0) is 35.9 Å². The predicted molar refractivity (Wildman–Crippen MR) is 116 cm³/mol. The van der Waals surface area contributed by atoms with Gasteiger partial charge in [-0.15, -0.1) is 6.58 Å². The van der Waals surface area contributed by atoms with Crippen LogP contribution in [-0.2, 0) is 17.7 Å². The summed E-state index contributed by atoms with van der Waals surface area (Å²) < 4.78 is 25.5. The van der Waals surface area contributed by atoms with Crippen LogP contribution in [-0.4, -0.2) is 43.5 Å². The highest BCUT2D eigenvalue weighted by molar-refractivity contribution is 6.88. The van der Waals surface area contributed by atoms with Gasteiger partial charge < -0.3 is 17.7 Å². The maximum absolute atomic E-state index is 6.37. The van der Waals surface area contributed by atoms with E-state index in [1.807, 2.05) is 5.70 Å². The Morgan fingerprint density at radius 2 is 0.962 bits per heavy atom. The molecule has 0 aliphatic heterocycles. The predicted octanol–water partition coefficient (Wildman–Crippen LogP) is 5.46. The monoisotopic (exact) mass is 404 g/mol. The first-order valence-electron chi connectivity index (χ1n) is 10.1. The molecule has 4 nitrogen and oxygen atoms in total. The van der Waals surface area contributed by atoms with E-state index in [0.717, 1.165) is 5.67 Å². The SMILES string of the molecule is C=C[Si](C[Si](C)(OCC(C)C)OCC(C)C)(OCC(C)C)OCC(C)C. The molecule has 0 amide bonds. The first kappa shape index (κ1) is 26.0. The summed E-state index contributed by atoms with van der Waals surface area (Å²) >= 11 is 0. The van der Waals surface area contributed by atoms with Crippen molar-refractivity contribution in [1.29, 1.82) is 0 Å². The van der Waals surface area contributed by atoms with Gasteiger partial charge in [0.2, 0.25) is 0 Å². The molecule has 0 aromatic rings. The molecule has 0 saturated carbocycles. The maximum atomic E-state index is 6.37. The largest absolute Gasteiger partial charge is 0.394 e. The molecule has 26 heavy (non-hydrogen) atoms. The van der Waals surface area contributed by atoms with E-state index in [1.165, 1.54) is 0 Å². The Morgan fingerprint density at radius 3 is 1.23 bits per heavy atom. The summed E-state index contributed by atoms with van der Waals surface area (Å²) in [4.78, 5) is 0. The molecule has 0 atom stereocenters. The van der Waals surface area contributed by atoms with Gasteiger partial charge in [-0.2, -0.15) is 0 Å². The Balaban J connectivity index is 5.41. The Hall–Kier alpha value is 0.0138. The molecule has 0 aromatic carbocycles. The van der Waals surface area contributed by atoms with Gasteiger partial charge in [0.05, 0.1) is 0 Å².